The number of hydrogen-bond donors (Lipinski definition) is 2. The van der Waals surface area contributed by atoms with Gasteiger partial charge in [0.2, 0.25) is 0 Å². The quantitative estimate of drug-likeness (QED) is 0.436. The van der Waals surface area contributed by atoms with Crippen molar-refractivity contribution in [2.24, 2.45) is 0 Å². The summed E-state index contributed by atoms with van der Waals surface area (Å²) in [6, 6.07) is 12.2. The van der Waals surface area contributed by atoms with Gasteiger partial charge in [0.05, 0.1) is 17.6 Å². The Labute approximate surface area is 165 Å². The smallest absolute Gasteiger partial charge is 0.348 e. The predicted octanol–water partition coefficient (Wildman–Crippen LogP) is 4.97. The lowest BCUT2D eigenvalue weighted by Crippen LogP contribution is -2.18. The highest BCUT2D eigenvalue weighted by Crippen LogP contribution is 2.29. The van der Waals surface area contributed by atoms with Crippen LogP contribution in [0.3, 0.4) is 0 Å². The third kappa shape index (κ3) is 5.75. The number of benzene rings is 2. The summed E-state index contributed by atoms with van der Waals surface area (Å²) >= 11 is 0. The van der Waals surface area contributed by atoms with Crippen LogP contribution in [0.1, 0.15) is 27.9 Å². The molecule has 0 unspecified atom stereocenters. The summed E-state index contributed by atoms with van der Waals surface area (Å²) in [5, 5.41) is 7.90. The molecule has 0 aliphatic rings. The number of hydrogen-bond acceptors (Lipinski definition) is 3. The van der Waals surface area contributed by atoms with Crippen molar-refractivity contribution < 1.29 is 18.0 Å². The first-order valence-electron chi connectivity index (χ1n) is 8.83. The summed E-state index contributed by atoms with van der Waals surface area (Å²) in [5.41, 5.74) is 2.35. The summed E-state index contributed by atoms with van der Waals surface area (Å²) in [6.45, 7) is 0. The molecule has 0 saturated carbocycles. The highest BCUT2D eigenvalue weighted by molar-refractivity contribution is 6.39. The molecule has 2 aromatic carbocycles. The Balaban J connectivity index is 1.57. The van der Waals surface area contributed by atoms with Gasteiger partial charge in [-0.2, -0.15) is 13.2 Å². The molecule has 1 heterocycles. The second-order valence-electron chi connectivity index (χ2n) is 6.53. The van der Waals surface area contributed by atoms with Gasteiger partial charge in [-0.25, -0.2) is 4.98 Å². The van der Waals surface area contributed by atoms with Crippen molar-refractivity contribution in [2.75, 3.05) is 0 Å². The lowest BCUT2D eigenvalue weighted by molar-refractivity contribution is -0.137. The van der Waals surface area contributed by atoms with Gasteiger partial charge in [-0.3, -0.25) is 4.79 Å². The minimum Gasteiger partial charge on any atom is -0.348 e. The van der Waals surface area contributed by atoms with Crippen LogP contribution in [0.2, 0.25) is 0 Å². The Kier molecular flexibility index (Phi) is 6.07. The van der Waals surface area contributed by atoms with Gasteiger partial charge in [0.15, 0.2) is 5.78 Å². The molecule has 3 rings (SSSR count). The van der Waals surface area contributed by atoms with Crippen LogP contribution in [0.25, 0.3) is 12.2 Å². The van der Waals surface area contributed by atoms with E-state index >= 15 is 0 Å². The van der Waals surface area contributed by atoms with Crippen LogP contribution in [0.5, 0.6) is 0 Å². The monoisotopic (exact) mass is 397 g/mol. The lowest BCUT2D eigenvalue weighted by atomic mass is 10.0. The maximum absolute atomic E-state index is 12.6. The number of rotatable bonds is 7. The largest absolute Gasteiger partial charge is 0.416 e. The molecule has 0 spiro atoms. The third-order valence-electron chi connectivity index (χ3n) is 4.31. The van der Waals surface area contributed by atoms with E-state index in [1.165, 1.54) is 18.5 Å². The first-order valence-corrected chi connectivity index (χ1v) is 8.83. The molecule has 1 aromatic heterocycles. The molecule has 0 fully saturated rings. The Morgan fingerprint density at radius 3 is 2.07 bits per heavy atom. The molecule has 0 bridgehead atoms. The van der Waals surface area contributed by atoms with Crippen LogP contribution in [-0.4, -0.2) is 21.5 Å². The zero-order valence-electron chi connectivity index (χ0n) is 15.3. The molecule has 0 amide bonds. The van der Waals surface area contributed by atoms with E-state index in [0.717, 1.165) is 23.3 Å². The van der Waals surface area contributed by atoms with Crippen LogP contribution in [0, 0.1) is 5.41 Å². The number of Topliss-reactive ketones (excluding diaryl/α,β-unsaturated/α-hetero) is 1. The molecule has 0 aliphatic heterocycles. The number of ketones is 1. The Morgan fingerprint density at radius 1 is 0.966 bits per heavy atom. The zero-order chi connectivity index (χ0) is 20.9. The number of aromatic nitrogens is 2. The van der Waals surface area contributed by atoms with Crippen molar-refractivity contribution in [1.29, 1.82) is 5.41 Å². The van der Waals surface area contributed by atoms with E-state index < -0.39 is 11.7 Å². The molecular weight excluding hydrogens is 379 g/mol. The number of carbonyl (C=O) groups excluding carboxylic acids is 1. The zero-order valence-corrected chi connectivity index (χ0v) is 15.3. The highest BCUT2D eigenvalue weighted by Gasteiger charge is 2.29. The Bertz CT molecular complexity index is 1000. The minimum atomic E-state index is -4.34. The van der Waals surface area contributed by atoms with Crippen LogP contribution in [0.4, 0.5) is 13.2 Å². The number of aromatic amines is 1. The van der Waals surface area contributed by atoms with Crippen LogP contribution >= 0.6 is 0 Å². The summed E-state index contributed by atoms with van der Waals surface area (Å²) in [7, 11) is 0. The van der Waals surface area contributed by atoms with Crippen LogP contribution in [0.15, 0.2) is 61.1 Å². The van der Waals surface area contributed by atoms with Gasteiger partial charge in [-0.05, 0) is 28.8 Å². The van der Waals surface area contributed by atoms with E-state index in [4.69, 9.17) is 5.41 Å². The maximum Gasteiger partial charge on any atom is 0.416 e. The van der Waals surface area contributed by atoms with Crippen molar-refractivity contribution in [3.05, 3.63) is 89.0 Å². The van der Waals surface area contributed by atoms with E-state index in [0.29, 0.717) is 11.3 Å². The molecule has 7 heteroatoms. The molecule has 4 nitrogen and oxygen atoms in total. The SMILES string of the molecule is N=C(Cc1cnc[nH]1)C(=O)Cc1ccc(/C=C/c2ccc(C(F)(F)F)cc2)cc1. The van der Waals surface area contributed by atoms with Gasteiger partial charge < -0.3 is 10.4 Å². The number of imidazole rings is 1. The molecule has 2 N–H and O–H groups in total. The Morgan fingerprint density at radius 2 is 1.55 bits per heavy atom. The van der Waals surface area contributed by atoms with E-state index in [9.17, 15) is 18.0 Å². The van der Waals surface area contributed by atoms with Crippen molar-refractivity contribution >= 4 is 23.6 Å². The minimum absolute atomic E-state index is 0.0144. The summed E-state index contributed by atoms with van der Waals surface area (Å²) in [6.07, 6.45) is 2.60. The number of alkyl halides is 3. The van der Waals surface area contributed by atoms with E-state index in [2.05, 4.69) is 9.97 Å². The second kappa shape index (κ2) is 8.68. The standard InChI is InChI=1S/C22H18F3N3O/c23-22(24,25)18-9-7-16(8-10-18)2-1-15-3-5-17(6-4-15)11-21(29)20(26)12-19-13-27-14-28-19/h1-10,13-14,26H,11-12H2,(H,27,28)/b2-1+,26-20?. The van der Waals surface area contributed by atoms with Gasteiger partial charge in [-0.1, -0.05) is 48.6 Å². The van der Waals surface area contributed by atoms with Gasteiger partial charge in [-0.15, -0.1) is 0 Å². The molecule has 3 aromatic rings. The number of carbonyl (C=O) groups is 1. The average Bonchev–Trinajstić information content (AvgIpc) is 3.20. The van der Waals surface area contributed by atoms with Crippen molar-refractivity contribution in [3.8, 4) is 0 Å². The Hall–Kier alpha value is -3.48. The van der Waals surface area contributed by atoms with Crippen molar-refractivity contribution in [1.82, 2.24) is 9.97 Å². The normalized spacial score (nSPS) is 11.7. The van der Waals surface area contributed by atoms with Crippen LogP contribution < -0.4 is 0 Å². The van der Waals surface area contributed by atoms with Crippen molar-refractivity contribution in [3.63, 3.8) is 0 Å². The van der Waals surface area contributed by atoms with Gasteiger partial charge >= 0.3 is 6.18 Å². The molecule has 0 radical (unpaired) electrons. The topological polar surface area (TPSA) is 69.6 Å². The fourth-order valence-electron chi connectivity index (χ4n) is 2.68. The van der Waals surface area contributed by atoms with Gasteiger partial charge in [0.25, 0.3) is 0 Å². The fraction of sp³-hybridized carbons (Fsp3) is 0.136. The third-order valence-corrected chi connectivity index (χ3v) is 4.31. The number of halogens is 3. The van der Waals surface area contributed by atoms with Gasteiger partial charge in [0.1, 0.15) is 0 Å². The maximum atomic E-state index is 12.6. The number of H-pyrrole nitrogens is 1. The van der Waals surface area contributed by atoms with E-state index in [1.807, 2.05) is 12.1 Å². The summed E-state index contributed by atoms with van der Waals surface area (Å²) < 4.78 is 37.7. The first-order chi connectivity index (χ1) is 13.8. The van der Waals surface area contributed by atoms with Crippen molar-refractivity contribution in [2.45, 2.75) is 19.0 Å². The molecule has 0 saturated heterocycles. The predicted molar refractivity (Wildman–Crippen MR) is 106 cm³/mol. The summed E-state index contributed by atoms with van der Waals surface area (Å²) in [5.74, 6) is -0.257. The summed E-state index contributed by atoms with van der Waals surface area (Å²) in [4.78, 5) is 18.9. The van der Waals surface area contributed by atoms with Crippen LogP contribution in [-0.2, 0) is 23.8 Å². The number of nitrogens with one attached hydrogen (secondary N) is 2. The van der Waals surface area contributed by atoms with E-state index in [-0.39, 0.29) is 24.3 Å². The molecule has 0 aliphatic carbocycles. The molecular formula is C22H18F3N3O. The molecule has 148 valence electrons. The van der Waals surface area contributed by atoms with E-state index in [1.54, 1.807) is 30.5 Å². The first kappa shape index (κ1) is 20.3. The number of nitrogens with zero attached hydrogens (tertiary/aromatic N) is 1. The fourth-order valence-corrected chi connectivity index (χ4v) is 2.68. The lowest BCUT2D eigenvalue weighted by Gasteiger charge is -2.06. The molecule has 0 atom stereocenters. The average molecular weight is 397 g/mol. The highest BCUT2D eigenvalue weighted by atomic mass is 19.4. The molecule has 29 heavy (non-hydrogen) atoms. The van der Waals surface area contributed by atoms with Gasteiger partial charge in [0, 0.05) is 24.7 Å². The second-order valence-corrected chi connectivity index (χ2v) is 6.53.